The lowest BCUT2D eigenvalue weighted by Gasteiger charge is -2.02. The van der Waals surface area contributed by atoms with E-state index in [2.05, 4.69) is 5.16 Å². The van der Waals surface area contributed by atoms with Gasteiger partial charge >= 0.3 is 5.97 Å². The molecule has 25 heavy (non-hydrogen) atoms. The summed E-state index contributed by atoms with van der Waals surface area (Å²) in [4.78, 5) is 17.4. The molecule has 4 nitrogen and oxygen atoms in total. The molecule has 0 bridgehead atoms. The normalized spacial score (nSPS) is 11.2. The molecule has 0 atom stereocenters. The first-order chi connectivity index (χ1) is 12.3. The van der Waals surface area contributed by atoms with Crippen molar-refractivity contribution in [2.24, 2.45) is 5.16 Å². The van der Waals surface area contributed by atoms with Gasteiger partial charge in [-0.05, 0) is 35.4 Å². The molecule has 0 saturated carbocycles. The molecule has 3 aromatic rings. The lowest BCUT2D eigenvalue weighted by Crippen LogP contribution is -2.05. The molecule has 0 heterocycles. The van der Waals surface area contributed by atoms with Crippen LogP contribution in [0.15, 0.2) is 78.0 Å². The zero-order valence-electron chi connectivity index (χ0n) is 13.1. The van der Waals surface area contributed by atoms with Crippen LogP contribution in [0.3, 0.4) is 0 Å². The van der Waals surface area contributed by atoms with Gasteiger partial charge in [0.2, 0.25) is 0 Å². The average Bonchev–Trinajstić information content (AvgIpc) is 3.00. The zero-order valence-corrected chi connectivity index (χ0v) is 13.1. The molecule has 1 aliphatic rings. The number of hydrogen-bond acceptors (Lipinski definition) is 4. The second-order valence-corrected chi connectivity index (χ2v) is 5.60. The van der Waals surface area contributed by atoms with Gasteiger partial charge in [-0.1, -0.05) is 53.7 Å². The minimum atomic E-state index is -0.557. The average molecular weight is 324 g/mol. The number of carbonyl (C=O) groups is 1. The maximum absolute atomic E-state index is 12.2. The summed E-state index contributed by atoms with van der Waals surface area (Å²) >= 11 is 0. The van der Waals surface area contributed by atoms with E-state index in [9.17, 15) is 4.79 Å². The third-order valence-electron chi connectivity index (χ3n) is 4.12. The summed E-state index contributed by atoms with van der Waals surface area (Å²) in [5, 5.41) is 12.9. The van der Waals surface area contributed by atoms with Crippen molar-refractivity contribution >= 4 is 11.7 Å². The number of carbonyl (C=O) groups excluding carboxylic acids is 1. The van der Waals surface area contributed by atoms with Gasteiger partial charge in [-0.3, -0.25) is 0 Å². The second kappa shape index (κ2) is 6.06. The predicted octanol–water partition coefficient (Wildman–Crippen LogP) is 4.15. The molecule has 0 aliphatic heterocycles. The fraction of sp³-hybridized carbons (Fsp3) is 0. The molecule has 3 aromatic carbocycles. The Morgan fingerprint density at radius 2 is 1.32 bits per heavy atom. The van der Waals surface area contributed by atoms with Gasteiger partial charge < -0.3 is 4.84 Å². The number of fused-ring (bicyclic) bond motifs is 3. The van der Waals surface area contributed by atoms with E-state index < -0.39 is 5.97 Å². The SMILES string of the molecule is N#Cc1ccc(C(=O)ON=C2c3ccccc3-c3ccccc32)cc1. The van der Waals surface area contributed by atoms with E-state index in [-0.39, 0.29) is 0 Å². The number of nitrogens with zero attached hydrogens (tertiary/aromatic N) is 2. The molecule has 4 heteroatoms. The topological polar surface area (TPSA) is 62.5 Å². The van der Waals surface area contributed by atoms with E-state index in [0.29, 0.717) is 16.8 Å². The number of benzene rings is 3. The van der Waals surface area contributed by atoms with Gasteiger partial charge in [0.05, 0.1) is 17.2 Å². The number of nitriles is 1. The fourth-order valence-electron chi connectivity index (χ4n) is 2.91. The number of oxime groups is 1. The fourth-order valence-corrected chi connectivity index (χ4v) is 2.91. The molecule has 118 valence electrons. The number of rotatable bonds is 2. The van der Waals surface area contributed by atoms with E-state index >= 15 is 0 Å². The highest BCUT2D eigenvalue weighted by atomic mass is 16.7. The molecule has 0 N–H and O–H groups in total. The zero-order chi connectivity index (χ0) is 17.2. The molecule has 1 aliphatic carbocycles. The standard InChI is InChI=1S/C21H12N2O2/c22-13-14-9-11-15(12-10-14)21(24)25-23-20-18-7-3-1-5-16(18)17-6-2-4-8-19(17)20/h1-12H. The van der Waals surface area contributed by atoms with Gasteiger partial charge in [0, 0.05) is 11.1 Å². The van der Waals surface area contributed by atoms with Gasteiger partial charge in [0.15, 0.2) is 0 Å². The van der Waals surface area contributed by atoms with Gasteiger partial charge in [-0.15, -0.1) is 0 Å². The molecule has 0 fully saturated rings. The van der Waals surface area contributed by atoms with Gasteiger partial charge in [0.1, 0.15) is 5.71 Å². The van der Waals surface area contributed by atoms with Crippen molar-refractivity contribution in [1.82, 2.24) is 0 Å². The van der Waals surface area contributed by atoms with Crippen molar-refractivity contribution in [3.05, 3.63) is 95.1 Å². The summed E-state index contributed by atoms with van der Waals surface area (Å²) in [6.45, 7) is 0. The smallest absolute Gasteiger partial charge is 0.312 e. The van der Waals surface area contributed by atoms with E-state index in [1.54, 1.807) is 24.3 Å². The van der Waals surface area contributed by atoms with Crippen molar-refractivity contribution < 1.29 is 9.63 Å². The molecule has 0 amide bonds. The molecule has 4 rings (SSSR count). The van der Waals surface area contributed by atoms with E-state index in [1.807, 2.05) is 54.6 Å². The van der Waals surface area contributed by atoms with E-state index in [0.717, 1.165) is 22.3 Å². The summed E-state index contributed by atoms with van der Waals surface area (Å²) < 4.78 is 0. The van der Waals surface area contributed by atoms with Crippen LogP contribution < -0.4 is 0 Å². The summed E-state index contributed by atoms with van der Waals surface area (Å²) in [6, 6.07) is 24.1. The van der Waals surface area contributed by atoms with Crippen molar-refractivity contribution in [1.29, 1.82) is 5.26 Å². The Kier molecular flexibility index (Phi) is 3.60. The first-order valence-electron chi connectivity index (χ1n) is 7.76. The van der Waals surface area contributed by atoms with Gasteiger partial charge in [-0.2, -0.15) is 5.26 Å². The quantitative estimate of drug-likeness (QED) is 0.411. The van der Waals surface area contributed by atoms with E-state index in [1.165, 1.54) is 0 Å². The molecule has 0 unspecified atom stereocenters. The van der Waals surface area contributed by atoms with Crippen LogP contribution in [0.4, 0.5) is 0 Å². The van der Waals surface area contributed by atoms with Crippen molar-refractivity contribution in [2.45, 2.75) is 0 Å². The highest BCUT2D eigenvalue weighted by Gasteiger charge is 2.25. The van der Waals surface area contributed by atoms with Crippen LogP contribution in [0, 0.1) is 11.3 Å². The second-order valence-electron chi connectivity index (χ2n) is 5.60. The van der Waals surface area contributed by atoms with Crippen LogP contribution in [0.25, 0.3) is 11.1 Å². The van der Waals surface area contributed by atoms with Crippen LogP contribution in [0.1, 0.15) is 27.0 Å². The Morgan fingerprint density at radius 1 is 0.800 bits per heavy atom. The highest BCUT2D eigenvalue weighted by molar-refractivity contribution is 6.24. The van der Waals surface area contributed by atoms with Crippen molar-refractivity contribution in [3.8, 4) is 17.2 Å². The van der Waals surface area contributed by atoms with Crippen LogP contribution in [-0.4, -0.2) is 11.7 Å². The Bertz CT molecular complexity index is 996. The van der Waals surface area contributed by atoms with Crippen LogP contribution in [0.5, 0.6) is 0 Å². The molecule has 0 radical (unpaired) electrons. The maximum atomic E-state index is 12.2. The van der Waals surface area contributed by atoms with Crippen LogP contribution in [0.2, 0.25) is 0 Å². The number of hydrogen-bond donors (Lipinski definition) is 0. The van der Waals surface area contributed by atoms with Crippen LogP contribution in [-0.2, 0) is 4.84 Å². The van der Waals surface area contributed by atoms with Crippen molar-refractivity contribution in [2.75, 3.05) is 0 Å². The lowest BCUT2D eigenvalue weighted by molar-refractivity contribution is 0.0517. The summed E-state index contributed by atoms with van der Waals surface area (Å²) in [5.41, 5.74) is 5.52. The lowest BCUT2D eigenvalue weighted by atomic mass is 10.1. The first kappa shape index (κ1) is 14.9. The highest BCUT2D eigenvalue weighted by Crippen LogP contribution is 2.36. The third kappa shape index (κ3) is 2.58. The summed E-state index contributed by atoms with van der Waals surface area (Å²) in [7, 11) is 0. The van der Waals surface area contributed by atoms with Gasteiger partial charge in [-0.25, -0.2) is 4.79 Å². The third-order valence-corrected chi connectivity index (χ3v) is 4.12. The monoisotopic (exact) mass is 324 g/mol. The Hall–Kier alpha value is -3.71. The predicted molar refractivity (Wildman–Crippen MR) is 94.1 cm³/mol. The molecule has 0 saturated heterocycles. The summed E-state index contributed by atoms with van der Waals surface area (Å²) in [6.07, 6.45) is 0. The van der Waals surface area contributed by atoms with Gasteiger partial charge in [0.25, 0.3) is 0 Å². The minimum Gasteiger partial charge on any atom is -0.312 e. The maximum Gasteiger partial charge on any atom is 0.365 e. The first-order valence-corrected chi connectivity index (χ1v) is 7.76. The largest absolute Gasteiger partial charge is 0.365 e. The van der Waals surface area contributed by atoms with E-state index in [4.69, 9.17) is 10.1 Å². The van der Waals surface area contributed by atoms with Crippen LogP contribution >= 0.6 is 0 Å². The minimum absolute atomic E-state index is 0.350. The Morgan fingerprint density at radius 3 is 1.84 bits per heavy atom. The molecular weight excluding hydrogens is 312 g/mol. The molecular formula is C21H12N2O2. The summed E-state index contributed by atoms with van der Waals surface area (Å²) in [5.74, 6) is -0.557. The Labute approximate surface area is 144 Å². The molecule has 0 aromatic heterocycles. The Balaban J connectivity index is 1.67. The molecule has 0 spiro atoms. The van der Waals surface area contributed by atoms with Crippen molar-refractivity contribution in [3.63, 3.8) is 0 Å².